The van der Waals surface area contributed by atoms with Gasteiger partial charge in [-0.3, -0.25) is 4.79 Å². The maximum Gasteiger partial charge on any atom is 0.256 e. The number of carbonyl (C=O) groups is 1. The first kappa shape index (κ1) is 15.4. The number of carbonyl (C=O) groups excluding carboxylic acids is 1. The Labute approximate surface area is 125 Å². The molecule has 0 aliphatic carbocycles. The van der Waals surface area contributed by atoms with Crippen LogP contribution in [0.2, 0.25) is 5.02 Å². The molecule has 0 fully saturated rings. The Morgan fingerprint density at radius 1 is 1.29 bits per heavy atom. The smallest absolute Gasteiger partial charge is 0.256 e. The van der Waals surface area contributed by atoms with Crippen LogP contribution in [0.15, 0.2) is 41.4 Å². The zero-order valence-corrected chi connectivity index (χ0v) is 12.4. The minimum Gasteiger partial charge on any atom is -0.307 e. The molecule has 21 heavy (non-hydrogen) atoms. The molecule has 0 aliphatic heterocycles. The Morgan fingerprint density at radius 3 is 2.57 bits per heavy atom. The Bertz CT molecular complexity index is 792. The summed E-state index contributed by atoms with van der Waals surface area (Å²) < 4.78 is 35.8. The van der Waals surface area contributed by atoms with Crippen LogP contribution < -0.4 is 5.32 Å². The van der Waals surface area contributed by atoms with E-state index in [1.54, 1.807) is 0 Å². The van der Waals surface area contributed by atoms with Crippen molar-refractivity contribution in [1.29, 1.82) is 0 Å². The second kappa shape index (κ2) is 5.79. The highest BCUT2D eigenvalue weighted by molar-refractivity contribution is 7.90. The summed E-state index contributed by atoms with van der Waals surface area (Å²) in [6.45, 7) is 0. The van der Waals surface area contributed by atoms with Crippen LogP contribution >= 0.6 is 11.6 Å². The molecule has 1 heterocycles. The molecule has 1 amide bonds. The predicted molar refractivity (Wildman–Crippen MR) is 76.7 cm³/mol. The van der Waals surface area contributed by atoms with Gasteiger partial charge < -0.3 is 5.32 Å². The summed E-state index contributed by atoms with van der Waals surface area (Å²) in [5, 5.41) is 2.47. The van der Waals surface area contributed by atoms with Gasteiger partial charge in [-0.25, -0.2) is 17.8 Å². The molecule has 0 spiro atoms. The Hall–Kier alpha value is -1.99. The van der Waals surface area contributed by atoms with E-state index in [1.807, 2.05) is 0 Å². The standard InChI is InChI=1S/C13H10ClFN2O3S/c1-21(19,20)11-6-8(2-4-10(11)14)13(18)17-12-5-3-9(15)7-16-12/h2-7H,1H3,(H,16,17,18). The van der Waals surface area contributed by atoms with Crippen molar-refractivity contribution >= 4 is 33.2 Å². The maximum atomic E-state index is 12.7. The number of hydrogen-bond acceptors (Lipinski definition) is 4. The lowest BCUT2D eigenvalue weighted by atomic mass is 10.2. The topological polar surface area (TPSA) is 76.1 Å². The maximum absolute atomic E-state index is 12.7. The van der Waals surface area contributed by atoms with Crippen LogP contribution in [0.3, 0.4) is 0 Å². The first-order valence-corrected chi connectivity index (χ1v) is 7.97. The number of anilines is 1. The number of halogens is 2. The van der Waals surface area contributed by atoms with Crippen LogP contribution in [0, 0.1) is 5.82 Å². The van der Waals surface area contributed by atoms with Crippen molar-refractivity contribution in [2.75, 3.05) is 11.6 Å². The SMILES string of the molecule is CS(=O)(=O)c1cc(C(=O)Nc2ccc(F)cn2)ccc1Cl. The van der Waals surface area contributed by atoms with E-state index in [0.717, 1.165) is 18.5 Å². The summed E-state index contributed by atoms with van der Waals surface area (Å²) in [5.74, 6) is -0.952. The molecule has 110 valence electrons. The van der Waals surface area contributed by atoms with Gasteiger partial charge >= 0.3 is 0 Å². The highest BCUT2D eigenvalue weighted by Crippen LogP contribution is 2.23. The van der Waals surface area contributed by atoms with Gasteiger partial charge in [0.15, 0.2) is 9.84 Å². The van der Waals surface area contributed by atoms with Crippen LogP contribution in [0.5, 0.6) is 0 Å². The largest absolute Gasteiger partial charge is 0.307 e. The van der Waals surface area contributed by atoms with Crippen molar-refractivity contribution in [3.05, 3.63) is 52.9 Å². The summed E-state index contributed by atoms with van der Waals surface area (Å²) in [6, 6.07) is 6.32. The molecule has 0 radical (unpaired) electrons. The first-order chi connectivity index (χ1) is 9.77. The molecular weight excluding hydrogens is 319 g/mol. The number of benzene rings is 1. The van der Waals surface area contributed by atoms with Crippen LogP contribution in [0.4, 0.5) is 10.2 Å². The van der Waals surface area contributed by atoms with Gasteiger partial charge in [-0.1, -0.05) is 11.6 Å². The van der Waals surface area contributed by atoms with Gasteiger partial charge in [0.25, 0.3) is 5.91 Å². The fourth-order valence-electron chi connectivity index (χ4n) is 1.57. The Morgan fingerprint density at radius 2 is 2.00 bits per heavy atom. The van der Waals surface area contributed by atoms with E-state index >= 15 is 0 Å². The first-order valence-electron chi connectivity index (χ1n) is 5.70. The predicted octanol–water partition coefficient (Wildman–Crippen LogP) is 2.53. The molecule has 0 unspecified atom stereocenters. The van der Waals surface area contributed by atoms with Crippen LogP contribution in [0.1, 0.15) is 10.4 Å². The molecule has 0 aliphatic rings. The lowest BCUT2D eigenvalue weighted by Crippen LogP contribution is -2.13. The molecular formula is C13H10ClFN2O3S. The molecule has 0 atom stereocenters. The summed E-state index contributed by atoms with van der Waals surface area (Å²) in [6.07, 6.45) is 1.96. The molecule has 5 nitrogen and oxygen atoms in total. The molecule has 0 saturated carbocycles. The minimum absolute atomic E-state index is 0.0361. The van der Waals surface area contributed by atoms with Gasteiger partial charge in [-0.2, -0.15) is 0 Å². The lowest BCUT2D eigenvalue weighted by molar-refractivity contribution is 0.102. The number of sulfone groups is 1. The molecule has 8 heteroatoms. The molecule has 1 aromatic heterocycles. The van der Waals surface area contributed by atoms with Crippen molar-refractivity contribution in [3.8, 4) is 0 Å². The van der Waals surface area contributed by atoms with Gasteiger partial charge in [0.2, 0.25) is 0 Å². The van der Waals surface area contributed by atoms with Gasteiger partial charge in [-0.15, -0.1) is 0 Å². The van der Waals surface area contributed by atoms with Crippen LogP contribution in [-0.4, -0.2) is 25.6 Å². The van der Waals surface area contributed by atoms with E-state index in [-0.39, 0.29) is 21.3 Å². The second-order valence-electron chi connectivity index (χ2n) is 4.23. The number of nitrogens with zero attached hydrogens (tertiary/aromatic N) is 1. The number of rotatable bonds is 3. The van der Waals surface area contributed by atoms with Crippen molar-refractivity contribution in [3.63, 3.8) is 0 Å². The zero-order valence-electron chi connectivity index (χ0n) is 10.8. The summed E-state index contributed by atoms with van der Waals surface area (Å²) in [4.78, 5) is 15.6. The van der Waals surface area contributed by atoms with Crippen LogP contribution in [-0.2, 0) is 9.84 Å². The number of amides is 1. The molecule has 2 rings (SSSR count). The minimum atomic E-state index is -3.55. The average molecular weight is 329 g/mol. The third-order valence-corrected chi connectivity index (χ3v) is 4.14. The zero-order chi connectivity index (χ0) is 15.6. The number of hydrogen-bond donors (Lipinski definition) is 1. The molecule has 1 N–H and O–H groups in total. The van der Waals surface area contributed by atoms with Crippen molar-refractivity contribution in [2.24, 2.45) is 0 Å². The van der Waals surface area contributed by atoms with E-state index in [0.29, 0.717) is 0 Å². The van der Waals surface area contributed by atoms with E-state index in [1.165, 1.54) is 24.3 Å². The van der Waals surface area contributed by atoms with E-state index in [2.05, 4.69) is 10.3 Å². The summed E-state index contributed by atoms with van der Waals surface area (Å²) >= 11 is 5.80. The molecule has 1 aromatic carbocycles. The second-order valence-corrected chi connectivity index (χ2v) is 6.62. The van der Waals surface area contributed by atoms with E-state index < -0.39 is 21.6 Å². The number of nitrogens with one attached hydrogen (secondary N) is 1. The van der Waals surface area contributed by atoms with Crippen LogP contribution in [0.25, 0.3) is 0 Å². The fraction of sp³-hybridized carbons (Fsp3) is 0.0769. The summed E-state index contributed by atoms with van der Waals surface area (Å²) in [5.41, 5.74) is 0.103. The molecule has 2 aromatic rings. The molecule has 0 bridgehead atoms. The van der Waals surface area contributed by atoms with Crippen molar-refractivity contribution in [1.82, 2.24) is 4.98 Å². The Balaban J connectivity index is 2.30. The van der Waals surface area contributed by atoms with Gasteiger partial charge in [0, 0.05) is 11.8 Å². The van der Waals surface area contributed by atoms with Crippen molar-refractivity contribution < 1.29 is 17.6 Å². The highest BCUT2D eigenvalue weighted by Gasteiger charge is 2.16. The third-order valence-electron chi connectivity index (χ3n) is 2.56. The monoisotopic (exact) mass is 328 g/mol. The summed E-state index contributed by atoms with van der Waals surface area (Å²) in [7, 11) is -3.55. The van der Waals surface area contributed by atoms with E-state index in [9.17, 15) is 17.6 Å². The number of pyridine rings is 1. The van der Waals surface area contributed by atoms with Gasteiger partial charge in [0.05, 0.1) is 16.1 Å². The normalized spacial score (nSPS) is 11.2. The quantitative estimate of drug-likeness (QED) is 0.939. The van der Waals surface area contributed by atoms with Crippen molar-refractivity contribution in [2.45, 2.75) is 4.90 Å². The van der Waals surface area contributed by atoms with Gasteiger partial charge in [0.1, 0.15) is 11.6 Å². The van der Waals surface area contributed by atoms with E-state index in [4.69, 9.17) is 11.6 Å². The number of aromatic nitrogens is 1. The average Bonchev–Trinajstić information content (AvgIpc) is 2.40. The van der Waals surface area contributed by atoms with Gasteiger partial charge in [-0.05, 0) is 30.3 Å². The fourth-order valence-corrected chi connectivity index (χ4v) is 2.87. The third kappa shape index (κ3) is 3.77. The lowest BCUT2D eigenvalue weighted by Gasteiger charge is -2.07. The molecule has 0 saturated heterocycles. The Kier molecular flexibility index (Phi) is 4.24. The highest BCUT2D eigenvalue weighted by atomic mass is 35.5.